The summed E-state index contributed by atoms with van der Waals surface area (Å²) >= 11 is 0. The fourth-order valence-electron chi connectivity index (χ4n) is 6.33. The average molecular weight is 393 g/mol. The Morgan fingerprint density at radius 2 is 1.29 bits per heavy atom. The van der Waals surface area contributed by atoms with Gasteiger partial charge in [-0.2, -0.15) is 0 Å². The van der Waals surface area contributed by atoms with Gasteiger partial charge in [0.05, 0.1) is 5.69 Å². The van der Waals surface area contributed by atoms with Crippen LogP contribution in [0.15, 0.2) is 97.1 Å². The molecular weight excluding hydrogens is 374 g/mol. The van der Waals surface area contributed by atoms with Gasteiger partial charge in [0.1, 0.15) is 0 Å². The number of allylic oxidation sites excluding steroid dienone is 4. The van der Waals surface area contributed by atoms with Crippen LogP contribution in [0.4, 0.5) is 0 Å². The van der Waals surface area contributed by atoms with Crippen LogP contribution in [0, 0.1) is 0 Å². The Hall–Kier alpha value is -3.84. The molecule has 3 aliphatic rings. The van der Waals surface area contributed by atoms with Crippen molar-refractivity contribution in [1.29, 1.82) is 0 Å². The van der Waals surface area contributed by atoms with Gasteiger partial charge < -0.3 is 4.98 Å². The van der Waals surface area contributed by atoms with Crippen molar-refractivity contribution in [3.8, 4) is 33.5 Å². The molecule has 31 heavy (non-hydrogen) atoms. The third-order valence-corrected chi connectivity index (χ3v) is 7.52. The van der Waals surface area contributed by atoms with Crippen molar-refractivity contribution in [2.45, 2.75) is 11.8 Å². The van der Waals surface area contributed by atoms with Crippen LogP contribution in [0.25, 0.3) is 55.2 Å². The molecule has 0 radical (unpaired) electrons. The molecule has 0 amide bonds. The molecule has 0 aliphatic heterocycles. The molecule has 0 spiro atoms. The molecule has 1 nitrogen and oxygen atoms in total. The van der Waals surface area contributed by atoms with Crippen LogP contribution >= 0.6 is 0 Å². The first-order valence-electron chi connectivity index (χ1n) is 11.1. The van der Waals surface area contributed by atoms with Crippen LogP contribution in [-0.2, 0) is 0 Å². The summed E-state index contributed by atoms with van der Waals surface area (Å²) in [5.41, 5.74) is 12.2. The topological polar surface area (TPSA) is 15.8 Å². The second-order valence-corrected chi connectivity index (χ2v) is 8.94. The summed E-state index contributed by atoms with van der Waals surface area (Å²) in [5.74, 6) is 0.761. The van der Waals surface area contributed by atoms with Gasteiger partial charge in [0.2, 0.25) is 0 Å². The number of hydrogen-bond acceptors (Lipinski definition) is 0. The minimum Gasteiger partial charge on any atom is -0.354 e. The average Bonchev–Trinajstić information content (AvgIpc) is 3.38. The first kappa shape index (κ1) is 15.9. The van der Waals surface area contributed by atoms with E-state index in [-0.39, 0.29) is 0 Å². The highest BCUT2D eigenvalue weighted by atomic mass is 14.7. The number of hydrogen-bond donors (Lipinski definition) is 1. The minimum absolute atomic E-state index is 0.365. The standard InChI is InChI=1S/C30H19N/c1-2-11-20-18(9-1)21-14-7-15-24-27(21)25(20)16-26-28(24)29-22-12-5-3-8-17(22)19-10-4-6-13-23(19)30(29)31-26/h1-17,22,31H. The summed E-state index contributed by atoms with van der Waals surface area (Å²) in [5, 5.41) is 4.18. The third kappa shape index (κ3) is 1.84. The zero-order chi connectivity index (χ0) is 20.1. The minimum atomic E-state index is 0.365. The molecule has 1 heteroatoms. The summed E-state index contributed by atoms with van der Waals surface area (Å²) in [6.07, 6.45) is 9.19. The van der Waals surface area contributed by atoms with Crippen molar-refractivity contribution < 1.29 is 0 Å². The molecule has 0 fully saturated rings. The lowest BCUT2D eigenvalue weighted by atomic mass is 9.71. The van der Waals surface area contributed by atoms with E-state index in [2.05, 4.69) is 102 Å². The Bertz CT molecular complexity index is 1640. The van der Waals surface area contributed by atoms with Gasteiger partial charge in [-0.15, -0.1) is 0 Å². The highest BCUT2D eigenvalue weighted by Gasteiger charge is 2.35. The molecule has 3 aliphatic carbocycles. The quantitative estimate of drug-likeness (QED) is 0.269. The van der Waals surface area contributed by atoms with Crippen LogP contribution < -0.4 is 0 Å². The lowest BCUT2D eigenvalue weighted by Gasteiger charge is -2.32. The zero-order valence-electron chi connectivity index (χ0n) is 16.9. The second-order valence-electron chi connectivity index (χ2n) is 8.94. The highest BCUT2D eigenvalue weighted by molar-refractivity contribution is 6.24. The van der Waals surface area contributed by atoms with Crippen LogP contribution in [-0.4, -0.2) is 4.98 Å². The van der Waals surface area contributed by atoms with Crippen LogP contribution in [0.5, 0.6) is 0 Å². The first-order chi connectivity index (χ1) is 15.4. The molecular formula is C30H19N. The van der Waals surface area contributed by atoms with E-state index < -0.39 is 0 Å². The Kier molecular flexibility index (Phi) is 2.80. The maximum absolute atomic E-state index is 3.87. The van der Waals surface area contributed by atoms with Gasteiger partial charge >= 0.3 is 0 Å². The SMILES string of the molecule is C1=CC2c3ccccc3-c3[nH]c4cc5c6c(cccc6c4c3C2C=C1)-c1ccccc1-5. The summed E-state index contributed by atoms with van der Waals surface area (Å²) < 4.78 is 0. The second kappa shape index (κ2) is 5.44. The molecule has 1 aromatic heterocycles. The zero-order valence-corrected chi connectivity index (χ0v) is 16.9. The number of nitrogens with one attached hydrogen (secondary N) is 1. The molecule has 144 valence electrons. The van der Waals surface area contributed by atoms with Crippen molar-refractivity contribution >= 4 is 21.7 Å². The lowest BCUT2D eigenvalue weighted by molar-refractivity contribution is 0.724. The van der Waals surface area contributed by atoms with E-state index in [1.807, 2.05) is 0 Å². The Morgan fingerprint density at radius 1 is 0.581 bits per heavy atom. The van der Waals surface area contributed by atoms with Crippen molar-refractivity contribution in [2.75, 3.05) is 0 Å². The van der Waals surface area contributed by atoms with E-state index >= 15 is 0 Å². The van der Waals surface area contributed by atoms with E-state index in [0.29, 0.717) is 11.8 Å². The maximum atomic E-state index is 3.87. The van der Waals surface area contributed by atoms with Gasteiger partial charge in [-0.25, -0.2) is 0 Å². The maximum Gasteiger partial charge on any atom is 0.0507 e. The third-order valence-electron chi connectivity index (χ3n) is 7.52. The van der Waals surface area contributed by atoms with Crippen molar-refractivity contribution in [2.24, 2.45) is 0 Å². The molecule has 1 N–H and O–H groups in total. The van der Waals surface area contributed by atoms with Gasteiger partial charge in [0.15, 0.2) is 0 Å². The predicted octanol–water partition coefficient (Wildman–Crippen LogP) is 7.94. The van der Waals surface area contributed by atoms with Gasteiger partial charge in [-0.05, 0) is 50.2 Å². The summed E-state index contributed by atoms with van der Waals surface area (Å²) in [7, 11) is 0. The number of benzene rings is 4. The van der Waals surface area contributed by atoms with E-state index in [0.717, 1.165) is 0 Å². The Morgan fingerprint density at radius 3 is 2.16 bits per heavy atom. The molecule has 2 unspecified atom stereocenters. The molecule has 0 saturated carbocycles. The van der Waals surface area contributed by atoms with Gasteiger partial charge in [-0.3, -0.25) is 0 Å². The summed E-state index contributed by atoms with van der Waals surface area (Å²) in [6.45, 7) is 0. The fourth-order valence-corrected chi connectivity index (χ4v) is 6.33. The number of aromatic nitrogens is 1. The molecule has 4 aromatic carbocycles. The van der Waals surface area contributed by atoms with Gasteiger partial charge in [0.25, 0.3) is 0 Å². The number of aromatic amines is 1. The lowest BCUT2D eigenvalue weighted by Crippen LogP contribution is -2.15. The van der Waals surface area contributed by atoms with Crippen molar-refractivity contribution in [3.05, 3.63) is 108 Å². The molecule has 1 heterocycles. The Labute approximate surface area is 180 Å². The van der Waals surface area contributed by atoms with E-state index in [1.165, 1.54) is 66.3 Å². The van der Waals surface area contributed by atoms with E-state index in [4.69, 9.17) is 0 Å². The largest absolute Gasteiger partial charge is 0.354 e. The van der Waals surface area contributed by atoms with Gasteiger partial charge in [0, 0.05) is 28.3 Å². The van der Waals surface area contributed by atoms with Crippen LogP contribution in [0.1, 0.15) is 23.0 Å². The van der Waals surface area contributed by atoms with Crippen molar-refractivity contribution in [1.82, 2.24) is 4.98 Å². The number of fused-ring (bicyclic) bond motifs is 12. The van der Waals surface area contributed by atoms with Crippen LogP contribution in [0.3, 0.4) is 0 Å². The van der Waals surface area contributed by atoms with Gasteiger partial charge in [-0.1, -0.05) is 91.0 Å². The molecule has 0 bridgehead atoms. The number of rotatable bonds is 0. The van der Waals surface area contributed by atoms with Crippen molar-refractivity contribution in [3.63, 3.8) is 0 Å². The molecule has 5 aromatic rings. The summed E-state index contributed by atoms with van der Waals surface area (Å²) in [4.78, 5) is 3.87. The monoisotopic (exact) mass is 393 g/mol. The molecule has 2 atom stereocenters. The van der Waals surface area contributed by atoms with Crippen LogP contribution in [0.2, 0.25) is 0 Å². The van der Waals surface area contributed by atoms with E-state index in [1.54, 1.807) is 0 Å². The highest BCUT2D eigenvalue weighted by Crippen LogP contribution is 2.55. The smallest absolute Gasteiger partial charge is 0.0507 e. The predicted molar refractivity (Wildman–Crippen MR) is 129 cm³/mol. The first-order valence-corrected chi connectivity index (χ1v) is 11.1. The number of H-pyrrole nitrogens is 1. The Balaban J connectivity index is 1.57. The molecule has 0 saturated heterocycles. The normalized spacial score (nSPS) is 19.4. The molecule has 8 rings (SSSR count). The summed E-state index contributed by atoms with van der Waals surface area (Å²) in [6, 6.07) is 27.0. The fraction of sp³-hybridized carbons (Fsp3) is 0.0667. The van der Waals surface area contributed by atoms with E-state index in [9.17, 15) is 0 Å².